The van der Waals surface area contributed by atoms with Gasteiger partial charge in [0.05, 0.1) is 23.7 Å². The van der Waals surface area contributed by atoms with Crippen molar-refractivity contribution in [3.8, 4) is 5.75 Å². The number of hydrogen-bond donors (Lipinski definition) is 1. The first-order valence-electron chi connectivity index (χ1n) is 10.8. The molecular formula is C26H30N2O4S. The molecule has 0 radical (unpaired) electrons. The Hall–Kier alpha value is -3.32. The Morgan fingerprint density at radius 2 is 1.58 bits per heavy atom. The summed E-state index contributed by atoms with van der Waals surface area (Å²) < 4.78 is 33.5. The molecular weight excluding hydrogens is 436 g/mol. The highest BCUT2D eigenvalue weighted by Crippen LogP contribution is 2.27. The molecule has 0 fully saturated rings. The fourth-order valence-electron chi connectivity index (χ4n) is 3.51. The standard InChI is InChI=1S/C26H30N2O4S/c1-5-25(21-13-9-19(2)10-14-21)27-26(29)18-28(22-7-6-8-23(17-22)32-4)33(30,31)24-15-11-20(3)12-16-24/h6-17,25H,5,18H2,1-4H3,(H,27,29)/t25-/m1/s1. The minimum Gasteiger partial charge on any atom is -0.497 e. The number of methoxy groups -OCH3 is 1. The number of sulfonamides is 1. The normalized spacial score (nSPS) is 12.1. The third kappa shape index (κ3) is 5.93. The minimum absolute atomic E-state index is 0.120. The second-order valence-corrected chi connectivity index (χ2v) is 9.83. The van der Waals surface area contributed by atoms with Crippen LogP contribution in [0.3, 0.4) is 0 Å². The van der Waals surface area contributed by atoms with E-state index in [0.29, 0.717) is 17.9 Å². The summed E-state index contributed by atoms with van der Waals surface area (Å²) in [6, 6.07) is 21.0. The van der Waals surface area contributed by atoms with Crippen LogP contribution in [0.15, 0.2) is 77.7 Å². The summed E-state index contributed by atoms with van der Waals surface area (Å²) in [7, 11) is -2.47. The molecule has 0 aromatic heterocycles. The zero-order valence-electron chi connectivity index (χ0n) is 19.4. The van der Waals surface area contributed by atoms with Crippen LogP contribution in [0.5, 0.6) is 5.75 Å². The molecule has 174 valence electrons. The molecule has 1 N–H and O–H groups in total. The number of aryl methyl sites for hydroxylation is 2. The quantitative estimate of drug-likeness (QED) is 0.493. The van der Waals surface area contributed by atoms with E-state index in [-0.39, 0.29) is 23.4 Å². The zero-order chi connectivity index (χ0) is 24.0. The first-order chi connectivity index (χ1) is 15.7. The van der Waals surface area contributed by atoms with Crippen LogP contribution >= 0.6 is 0 Å². The zero-order valence-corrected chi connectivity index (χ0v) is 20.2. The number of hydrogen-bond acceptors (Lipinski definition) is 4. The predicted molar refractivity (Wildman–Crippen MR) is 131 cm³/mol. The summed E-state index contributed by atoms with van der Waals surface area (Å²) in [6.45, 7) is 5.52. The Labute approximate surface area is 196 Å². The third-order valence-electron chi connectivity index (χ3n) is 5.46. The van der Waals surface area contributed by atoms with Gasteiger partial charge in [-0.15, -0.1) is 0 Å². The maximum Gasteiger partial charge on any atom is 0.264 e. The Morgan fingerprint density at radius 1 is 0.970 bits per heavy atom. The van der Waals surface area contributed by atoms with Crippen molar-refractivity contribution in [1.29, 1.82) is 0 Å². The van der Waals surface area contributed by atoms with Gasteiger partial charge >= 0.3 is 0 Å². The van der Waals surface area contributed by atoms with Gasteiger partial charge in [-0.2, -0.15) is 0 Å². The van der Waals surface area contributed by atoms with Crippen molar-refractivity contribution in [3.63, 3.8) is 0 Å². The van der Waals surface area contributed by atoms with Crippen LogP contribution in [-0.2, 0) is 14.8 Å². The number of nitrogens with one attached hydrogen (secondary N) is 1. The van der Waals surface area contributed by atoms with Gasteiger partial charge in [-0.05, 0) is 50.1 Å². The highest BCUT2D eigenvalue weighted by molar-refractivity contribution is 7.92. The van der Waals surface area contributed by atoms with Crippen molar-refractivity contribution in [3.05, 3.63) is 89.5 Å². The highest BCUT2D eigenvalue weighted by Gasteiger charge is 2.28. The van der Waals surface area contributed by atoms with Crippen molar-refractivity contribution in [1.82, 2.24) is 5.32 Å². The number of benzene rings is 3. The van der Waals surface area contributed by atoms with E-state index in [0.717, 1.165) is 21.0 Å². The van der Waals surface area contributed by atoms with Crippen LogP contribution in [0, 0.1) is 13.8 Å². The first kappa shape index (κ1) is 24.3. The van der Waals surface area contributed by atoms with E-state index in [1.165, 1.54) is 7.11 Å². The molecule has 33 heavy (non-hydrogen) atoms. The van der Waals surface area contributed by atoms with Gasteiger partial charge in [-0.3, -0.25) is 9.10 Å². The Morgan fingerprint density at radius 3 is 2.15 bits per heavy atom. The van der Waals surface area contributed by atoms with E-state index in [9.17, 15) is 13.2 Å². The van der Waals surface area contributed by atoms with E-state index >= 15 is 0 Å². The second kappa shape index (κ2) is 10.5. The van der Waals surface area contributed by atoms with Crippen LogP contribution in [0.1, 0.15) is 36.1 Å². The number of carbonyl (C=O) groups excluding carboxylic acids is 1. The smallest absolute Gasteiger partial charge is 0.264 e. The summed E-state index contributed by atoms with van der Waals surface area (Å²) in [4.78, 5) is 13.2. The van der Waals surface area contributed by atoms with Gasteiger partial charge in [-0.1, -0.05) is 60.5 Å². The number of amides is 1. The van der Waals surface area contributed by atoms with Gasteiger partial charge in [0.2, 0.25) is 5.91 Å². The number of nitrogens with zero attached hydrogens (tertiary/aromatic N) is 1. The molecule has 3 rings (SSSR count). The third-order valence-corrected chi connectivity index (χ3v) is 7.25. The fraction of sp³-hybridized carbons (Fsp3) is 0.269. The minimum atomic E-state index is -3.99. The molecule has 0 spiro atoms. The van der Waals surface area contributed by atoms with E-state index in [2.05, 4.69) is 5.32 Å². The fourth-order valence-corrected chi connectivity index (χ4v) is 4.92. The number of ether oxygens (including phenoxy) is 1. The monoisotopic (exact) mass is 466 g/mol. The molecule has 0 aliphatic carbocycles. The molecule has 7 heteroatoms. The molecule has 0 saturated heterocycles. The van der Waals surface area contributed by atoms with Gasteiger partial charge in [-0.25, -0.2) is 8.42 Å². The van der Waals surface area contributed by atoms with Gasteiger partial charge in [0.25, 0.3) is 10.0 Å². The van der Waals surface area contributed by atoms with Gasteiger partial charge in [0.1, 0.15) is 12.3 Å². The lowest BCUT2D eigenvalue weighted by atomic mass is 10.0. The summed E-state index contributed by atoms with van der Waals surface area (Å²) >= 11 is 0. The number of carbonyl (C=O) groups is 1. The van der Waals surface area contributed by atoms with Crippen molar-refractivity contribution in [2.45, 2.75) is 38.1 Å². The molecule has 0 saturated carbocycles. The van der Waals surface area contributed by atoms with Gasteiger partial charge in [0, 0.05) is 6.07 Å². The van der Waals surface area contributed by atoms with Crippen molar-refractivity contribution in [2.24, 2.45) is 0 Å². The van der Waals surface area contributed by atoms with Crippen LogP contribution in [0.2, 0.25) is 0 Å². The van der Waals surface area contributed by atoms with Crippen LogP contribution in [0.4, 0.5) is 5.69 Å². The SMILES string of the molecule is CC[C@@H](NC(=O)CN(c1cccc(OC)c1)S(=O)(=O)c1ccc(C)cc1)c1ccc(C)cc1. The average molecular weight is 467 g/mol. The molecule has 1 amide bonds. The summed E-state index contributed by atoms with van der Waals surface area (Å²) in [5.74, 6) is 0.115. The van der Waals surface area contributed by atoms with E-state index in [1.807, 2.05) is 45.0 Å². The molecule has 6 nitrogen and oxygen atoms in total. The molecule has 0 aliphatic heterocycles. The molecule has 1 atom stereocenters. The van der Waals surface area contributed by atoms with Crippen LogP contribution < -0.4 is 14.4 Å². The highest BCUT2D eigenvalue weighted by atomic mass is 32.2. The van der Waals surface area contributed by atoms with Gasteiger partial charge < -0.3 is 10.1 Å². The van der Waals surface area contributed by atoms with E-state index in [4.69, 9.17) is 4.74 Å². The van der Waals surface area contributed by atoms with Crippen LogP contribution in [0.25, 0.3) is 0 Å². The summed E-state index contributed by atoms with van der Waals surface area (Å²) in [5, 5.41) is 2.99. The molecule has 3 aromatic carbocycles. The van der Waals surface area contributed by atoms with Gasteiger partial charge in [0.15, 0.2) is 0 Å². The maximum atomic E-state index is 13.5. The topological polar surface area (TPSA) is 75.7 Å². The molecule has 3 aromatic rings. The Balaban J connectivity index is 1.92. The summed E-state index contributed by atoms with van der Waals surface area (Å²) in [6.07, 6.45) is 0.679. The largest absolute Gasteiger partial charge is 0.497 e. The number of rotatable bonds is 9. The first-order valence-corrected chi connectivity index (χ1v) is 12.3. The lowest BCUT2D eigenvalue weighted by molar-refractivity contribution is -0.120. The maximum absolute atomic E-state index is 13.5. The Kier molecular flexibility index (Phi) is 7.76. The molecule has 0 bridgehead atoms. The van der Waals surface area contributed by atoms with Crippen molar-refractivity contribution in [2.75, 3.05) is 18.0 Å². The second-order valence-electron chi connectivity index (χ2n) is 7.97. The molecule has 0 heterocycles. The lowest BCUT2D eigenvalue weighted by Gasteiger charge is -2.26. The summed E-state index contributed by atoms with van der Waals surface area (Å²) in [5.41, 5.74) is 3.41. The van der Waals surface area contributed by atoms with E-state index in [1.54, 1.807) is 48.5 Å². The predicted octanol–water partition coefficient (Wildman–Crippen LogP) is 4.77. The Bertz CT molecular complexity index is 1190. The van der Waals surface area contributed by atoms with Crippen molar-refractivity contribution < 1.29 is 17.9 Å². The average Bonchev–Trinajstić information content (AvgIpc) is 2.82. The lowest BCUT2D eigenvalue weighted by Crippen LogP contribution is -2.42. The number of anilines is 1. The molecule has 0 aliphatic rings. The van der Waals surface area contributed by atoms with Crippen molar-refractivity contribution >= 4 is 21.6 Å². The van der Waals surface area contributed by atoms with E-state index < -0.39 is 10.0 Å². The molecule has 0 unspecified atom stereocenters. The van der Waals surface area contributed by atoms with Crippen LogP contribution in [-0.4, -0.2) is 28.0 Å².